The van der Waals surface area contributed by atoms with Gasteiger partial charge in [-0.3, -0.25) is 19.2 Å². The maximum absolute atomic E-state index is 12.5. The molecular weight excluding hydrogens is 404 g/mol. The van der Waals surface area contributed by atoms with Gasteiger partial charge >= 0.3 is 5.97 Å². The van der Waals surface area contributed by atoms with Crippen LogP contribution in [0.5, 0.6) is 0 Å². The number of carbonyl (C=O) groups is 4. The normalized spacial score (nSPS) is 11.6. The van der Waals surface area contributed by atoms with Crippen LogP contribution >= 0.6 is 11.3 Å². The molecule has 8 heteroatoms. The standard InChI is InChI=1S/C22H26N2O5S/c1-14(2)21(27)24-18-8-6-16(7-9-18)20(26)15(3)29-19(25)5-4-11-23-22(28)17-10-12-30-13-17/h6-10,12-15H,4-5,11H2,1-3H3,(H,23,28)(H,24,27). The number of benzene rings is 1. The van der Waals surface area contributed by atoms with Crippen molar-refractivity contribution in [2.75, 3.05) is 11.9 Å². The molecule has 0 radical (unpaired) electrons. The highest BCUT2D eigenvalue weighted by atomic mass is 32.1. The van der Waals surface area contributed by atoms with Gasteiger partial charge in [-0.2, -0.15) is 11.3 Å². The van der Waals surface area contributed by atoms with Crippen molar-refractivity contribution in [3.63, 3.8) is 0 Å². The fraction of sp³-hybridized carbons (Fsp3) is 0.364. The van der Waals surface area contributed by atoms with E-state index in [-0.39, 0.29) is 29.9 Å². The van der Waals surface area contributed by atoms with Crippen molar-refractivity contribution in [1.29, 1.82) is 0 Å². The van der Waals surface area contributed by atoms with E-state index in [1.165, 1.54) is 18.3 Å². The molecule has 160 valence electrons. The van der Waals surface area contributed by atoms with Gasteiger partial charge in [0.1, 0.15) is 0 Å². The number of Topliss-reactive ketones (excluding diaryl/α,β-unsaturated/α-hetero) is 1. The molecule has 1 aromatic heterocycles. The largest absolute Gasteiger partial charge is 0.454 e. The molecule has 0 fully saturated rings. The average molecular weight is 431 g/mol. The third kappa shape index (κ3) is 7.11. The van der Waals surface area contributed by atoms with Crippen LogP contribution in [0, 0.1) is 5.92 Å². The van der Waals surface area contributed by atoms with Gasteiger partial charge < -0.3 is 15.4 Å². The molecule has 0 aliphatic carbocycles. The topological polar surface area (TPSA) is 102 Å². The smallest absolute Gasteiger partial charge is 0.306 e. The van der Waals surface area contributed by atoms with Crippen LogP contribution in [0.2, 0.25) is 0 Å². The molecule has 0 bridgehead atoms. The Balaban J connectivity index is 1.74. The summed E-state index contributed by atoms with van der Waals surface area (Å²) in [4.78, 5) is 47.9. The molecule has 0 saturated carbocycles. The van der Waals surface area contributed by atoms with Crippen LogP contribution < -0.4 is 10.6 Å². The lowest BCUT2D eigenvalue weighted by Crippen LogP contribution is -2.26. The van der Waals surface area contributed by atoms with E-state index in [2.05, 4.69) is 10.6 Å². The minimum atomic E-state index is -0.922. The van der Waals surface area contributed by atoms with E-state index in [1.54, 1.807) is 49.6 Å². The number of amides is 2. The first kappa shape index (κ1) is 23.3. The van der Waals surface area contributed by atoms with Crippen molar-refractivity contribution in [1.82, 2.24) is 5.32 Å². The molecule has 0 aliphatic rings. The molecular formula is C22H26N2O5S. The molecule has 2 aromatic rings. The Morgan fingerprint density at radius 2 is 1.70 bits per heavy atom. The second-order valence-corrected chi connectivity index (χ2v) is 7.87. The van der Waals surface area contributed by atoms with Gasteiger partial charge in [0.05, 0.1) is 0 Å². The Morgan fingerprint density at radius 3 is 2.30 bits per heavy atom. The lowest BCUT2D eigenvalue weighted by Gasteiger charge is -2.13. The third-order valence-electron chi connectivity index (χ3n) is 4.27. The summed E-state index contributed by atoms with van der Waals surface area (Å²) in [6, 6.07) is 8.17. The fourth-order valence-corrected chi connectivity index (χ4v) is 3.12. The molecule has 2 rings (SSSR count). The Kier molecular flexibility index (Phi) is 8.73. The van der Waals surface area contributed by atoms with Crippen molar-refractivity contribution < 1.29 is 23.9 Å². The highest BCUT2D eigenvalue weighted by Crippen LogP contribution is 2.14. The highest BCUT2D eigenvalue weighted by Gasteiger charge is 2.19. The molecule has 1 atom stereocenters. The van der Waals surface area contributed by atoms with Gasteiger partial charge in [-0.05, 0) is 49.1 Å². The number of hydrogen-bond acceptors (Lipinski definition) is 6. The van der Waals surface area contributed by atoms with E-state index >= 15 is 0 Å². The zero-order valence-electron chi connectivity index (χ0n) is 17.3. The molecule has 0 saturated heterocycles. The molecule has 30 heavy (non-hydrogen) atoms. The Bertz CT molecular complexity index is 875. The average Bonchev–Trinajstić information content (AvgIpc) is 3.26. The number of hydrogen-bond donors (Lipinski definition) is 2. The number of carbonyl (C=O) groups excluding carboxylic acids is 4. The van der Waals surface area contributed by atoms with E-state index in [9.17, 15) is 19.2 Å². The lowest BCUT2D eigenvalue weighted by atomic mass is 10.1. The molecule has 2 N–H and O–H groups in total. The number of anilines is 1. The van der Waals surface area contributed by atoms with E-state index in [4.69, 9.17) is 4.74 Å². The van der Waals surface area contributed by atoms with E-state index in [0.717, 1.165) is 0 Å². The number of esters is 1. The minimum Gasteiger partial charge on any atom is -0.454 e. The summed E-state index contributed by atoms with van der Waals surface area (Å²) in [5.41, 5.74) is 1.58. The molecule has 1 heterocycles. The molecule has 1 unspecified atom stereocenters. The molecule has 7 nitrogen and oxygen atoms in total. The predicted octanol–water partition coefficient (Wildman–Crippen LogP) is 3.67. The number of rotatable bonds is 10. The summed E-state index contributed by atoms with van der Waals surface area (Å²) in [6.45, 7) is 5.45. The van der Waals surface area contributed by atoms with Gasteiger partial charge in [0.2, 0.25) is 11.7 Å². The number of ketones is 1. The summed E-state index contributed by atoms with van der Waals surface area (Å²) in [5, 5.41) is 9.05. The number of nitrogens with one attached hydrogen (secondary N) is 2. The van der Waals surface area contributed by atoms with E-state index in [0.29, 0.717) is 29.8 Å². The summed E-state index contributed by atoms with van der Waals surface area (Å²) >= 11 is 1.44. The maximum atomic E-state index is 12.5. The molecule has 0 aliphatic heterocycles. The van der Waals surface area contributed by atoms with Crippen molar-refractivity contribution in [2.24, 2.45) is 5.92 Å². The molecule has 1 aromatic carbocycles. The van der Waals surface area contributed by atoms with Gasteiger partial charge in [-0.15, -0.1) is 0 Å². The van der Waals surface area contributed by atoms with Crippen LogP contribution in [0.25, 0.3) is 0 Å². The van der Waals surface area contributed by atoms with Crippen LogP contribution in [0.1, 0.15) is 54.3 Å². The Morgan fingerprint density at radius 1 is 1.00 bits per heavy atom. The van der Waals surface area contributed by atoms with Gasteiger partial charge in [-0.1, -0.05) is 13.8 Å². The monoisotopic (exact) mass is 430 g/mol. The number of thiophene rings is 1. The van der Waals surface area contributed by atoms with E-state index in [1.807, 2.05) is 5.38 Å². The third-order valence-corrected chi connectivity index (χ3v) is 4.95. The SMILES string of the molecule is CC(C)C(=O)Nc1ccc(C(=O)C(C)OC(=O)CCCNC(=O)c2ccsc2)cc1. The van der Waals surface area contributed by atoms with E-state index < -0.39 is 12.1 Å². The van der Waals surface area contributed by atoms with Crippen LogP contribution in [0.4, 0.5) is 5.69 Å². The van der Waals surface area contributed by atoms with Gasteiger partial charge in [0.15, 0.2) is 6.10 Å². The van der Waals surface area contributed by atoms with Crippen LogP contribution in [-0.4, -0.2) is 36.2 Å². The first-order valence-electron chi connectivity index (χ1n) is 9.73. The predicted molar refractivity (Wildman–Crippen MR) is 116 cm³/mol. The quantitative estimate of drug-likeness (QED) is 0.340. The first-order chi connectivity index (χ1) is 14.3. The highest BCUT2D eigenvalue weighted by molar-refractivity contribution is 7.08. The minimum absolute atomic E-state index is 0.0989. The molecule has 2 amide bonds. The summed E-state index contributed by atoms with van der Waals surface area (Å²) in [5.74, 6) is -1.25. The van der Waals surface area contributed by atoms with Crippen molar-refractivity contribution in [2.45, 2.75) is 39.7 Å². The molecule has 0 spiro atoms. The zero-order valence-corrected chi connectivity index (χ0v) is 18.1. The Hall–Kier alpha value is -3.00. The Labute approximate surface area is 179 Å². The zero-order chi connectivity index (χ0) is 22.1. The number of ether oxygens (including phenoxy) is 1. The second-order valence-electron chi connectivity index (χ2n) is 7.09. The van der Waals surface area contributed by atoms with Crippen LogP contribution in [0.3, 0.4) is 0 Å². The summed E-state index contributed by atoms with van der Waals surface area (Å²) in [7, 11) is 0. The van der Waals surface area contributed by atoms with Crippen molar-refractivity contribution in [3.05, 3.63) is 52.2 Å². The fourth-order valence-electron chi connectivity index (χ4n) is 2.48. The van der Waals surface area contributed by atoms with Crippen LogP contribution in [0.15, 0.2) is 41.1 Å². The van der Waals surface area contributed by atoms with Crippen molar-refractivity contribution >= 4 is 40.6 Å². The van der Waals surface area contributed by atoms with Crippen molar-refractivity contribution in [3.8, 4) is 0 Å². The lowest BCUT2D eigenvalue weighted by molar-refractivity contribution is -0.146. The van der Waals surface area contributed by atoms with Gasteiger partial charge in [0, 0.05) is 41.1 Å². The summed E-state index contributed by atoms with van der Waals surface area (Å²) < 4.78 is 5.20. The maximum Gasteiger partial charge on any atom is 0.306 e. The second kappa shape index (κ2) is 11.3. The van der Waals surface area contributed by atoms with Gasteiger partial charge in [0.25, 0.3) is 5.91 Å². The van der Waals surface area contributed by atoms with Crippen LogP contribution in [-0.2, 0) is 14.3 Å². The van der Waals surface area contributed by atoms with Gasteiger partial charge in [-0.25, -0.2) is 0 Å². The summed E-state index contributed by atoms with van der Waals surface area (Å²) in [6.07, 6.45) is -0.407. The first-order valence-corrected chi connectivity index (χ1v) is 10.7.